The topological polar surface area (TPSA) is 99.8 Å². The summed E-state index contributed by atoms with van der Waals surface area (Å²) in [6.45, 7) is 4.50. The fourth-order valence-electron chi connectivity index (χ4n) is 2.76. The summed E-state index contributed by atoms with van der Waals surface area (Å²) in [4.78, 5) is 0. The van der Waals surface area contributed by atoms with Crippen LogP contribution in [-0.2, 0) is 0 Å². The van der Waals surface area contributed by atoms with Crippen molar-refractivity contribution >= 4 is 5.82 Å². The number of nitrogens with two attached hydrogens (primary N) is 1. The van der Waals surface area contributed by atoms with Crippen molar-refractivity contribution in [2.75, 3.05) is 11.9 Å². The number of nitrogens with zero attached hydrogens (tertiary/aromatic N) is 2. The highest BCUT2D eigenvalue weighted by atomic mass is 16.5. The lowest BCUT2D eigenvalue weighted by molar-refractivity contribution is 0.340. The molecule has 1 aromatic carbocycles. The van der Waals surface area contributed by atoms with Gasteiger partial charge in [0.1, 0.15) is 11.6 Å². The zero-order valence-electron chi connectivity index (χ0n) is 12.5. The van der Waals surface area contributed by atoms with Gasteiger partial charge in [0.05, 0.1) is 24.2 Å². The number of nitrogens with one attached hydrogen (secondary N) is 2. The van der Waals surface area contributed by atoms with Gasteiger partial charge in [0, 0.05) is 11.3 Å². The molecule has 22 heavy (non-hydrogen) atoms. The third kappa shape index (κ3) is 2.17. The van der Waals surface area contributed by atoms with Crippen molar-refractivity contribution in [3.8, 4) is 11.8 Å². The summed E-state index contributed by atoms with van der Waals surface area (Å²) in [6, 6.07) is 9.95. The maximum absolute atomic E-state index is 9.50. The molecule has 0 amide bonds. The lowest BCUT2D eigenvalue weighted by atomic mass is 9.83. The number of hydrogen-bond donors (Lipinski definition) is 3. The van der Waals surface area contributed by atoms with Crippen LogP contribution in [0, 0.1) is 18.3 Å². The molecule has 1 aromatic heterocycles. The fourth-order valence-corrected chi connectivity index (χ4v) is 2.76. The number of fused-ring (bicyclic) bond motifs is 1. The van der Waals surface area contributed by atoms with Crippen LogP contribution in [0.5, 0.6) is 5.75 Å². The molecule has 0 aliphatic carbocycles. The molecule has 2 aromatic rings. The van der Waals surface area contributed by atoms with Crippen LogP contribution in [0.3, 0.4) is 0 Å². The minimum absolute atomic E-state index is 0.226. The van der Waals surface area contributed by atoms with Gasteiger partial charge in [-0.25, -0.2) is 0 Å². The molecule has 0 bridgehead atoms. The first-order valence-electron chi connectivity index (χ1n) is 7.10. The van der Waals surface area contributed by atoms with E-state index in [0.717, 1.165) is 22.6 Å². The Hall–Kier alpha value is -2.94. The Balaban J connectivity index is 2.10. The van der Waals surface area contributed by atoms with Crippen molar-refractivity contribution in [2.45, 2.75) is 19.8 Å². The number of aryl methyl sites for hydroxylation is 1. The van der Waals surface area contributed by atoms with E-state index in [1.54, 1.807) is 0 Å². The molecule has 0 saturated carbocycles. The van der Waals surface area contributed by atoms with Crippen molar-refractivity contribution in [1.29, 1.82) is 5.26 Å². The van der Waals surface area contributed by atoms with Gasteiger partial charge in [-0.15, -0.1) is 0 Å². The monoisotopic (exact) mass is 295 g/mol. The van der Waals surface area contributed by atoms with Crippen LogP contribution in [0.4, 0.5) is 5.82 Å². The largest absolute Gasteiger partial charge is 0.494 e. The van der Waals surface area contributed by atoms with E-state index in [1.807, 2.05) is 38.1 Å². The van der Waals surface area contributed by atoms with Crippen molar-refractivity contribution in [3.05, 3.63) is 52.5 Å². The summed E-state index contributed by atoms with van der Waals surface area (Å²) >= 11 is 0. The van der Waals surface area contributed by atoms with E-state index in [4.69, 9.17) is 10.5 Å². The van der Waals surface area contributed by atoms with Gasteiger partial charge in [-0.2, -0.15) is 10.4 Å². The van der Waals surface area contributed by atoms with Gasteiger partial charge in [-0.1, -0.05) is 12.1 Å². The second-order valence-electron chi connectivity index (χ2n) is 5.11. The molecule has 0 radical (unpaired) electrons. The number of ether oxygens (including phenoxy) is 1. The zero-order chi connectivity index (χ0) is 15.7. The van der Waals surface area contributed by atoms with Gasteiger partial charge in [0.15, 0.2) is 5.82 Å². The highest BCUT2D eigenvalue weighted by Gasteiger charge is 2.32. The minimum Gasteiger partial charge on any atom is -0.494 e. The van der Waals surface area contributed by atoms with Crippen molar-refractivity contribution in [1.82, 2.24) is 10.2 Å². The van der Waals surface area contributed by atoms with Crippen LogP contribution >= 0.6 is 0 Å². The van der Waals surface area contributed by atoms with Crippen molar-refractivity contribution < 1.29 is 4.74 Å². The summed E-state index contributed by atoms with van der Waals surface area (Å²) in [5.41, 5.74) is 9.34. The molecule has 1 atom stereocenters. The number of hydrogen-bond acceptors (Lipinski definition) is 5. The molecule has 0 unspecified atom stereocenters. The third-order valence-corrected chi connectivity index (χ3v) is 3.76. The SMILES string of the molecule is CCOc1ccc([C@@H]2C(C#N)=C(N)Nc3n[nH]c(C)c32)cc1. The third-order valence-electron chi connectivity index (χ3n) is 3.76. The van der Waals surface area contributed by atoms with E-state index in [-0.39, 0.29) is 5.92 Å². The average Bonchev–Trinajstić information content (AvgIpc) is 2.88. The molecule has 2 heterocycles. The number of anilines is 1. The smallest absolute Gasteiger partial charge is 0.157 e. The van der Waals surface area contributed by atoms with E-state index in [2.05, 4.69) is 21.6 Å². The van der Waals surface area contributed by atoms with Gasteiger partial charge in [0.2, 0.25) is 0 Å². The number of benzene rings is 1. The van der Waals surface area contributed by atoms with Crippen molar-refractivity contribution in [3.63, 3.8) is 0 Å². The molecule has 0 spiro atoms. The highest BCUT2D eigenvalue weighted by molar-refractivity contribution is 5.65. The predicted molar refractivity (Wildman–Crippen MR) is 83.2 cm³/mol. The maximum atomic E-state index is 9.50. The number of rotatable bonds is 3. The molecule has 3 rings (SSSR count). The first-order chi connectivity index (χ1) is 10.7. The molecule has 0 fully saturated rings. The fraction of sp³-hybridized carbons (Fsp3) is 0.250. The average molecular weight is 295 g/mol. The normalized spacial score (nSPS) is 16.7. The Bertz CT molecular complexity index is 767. The van der Waals surface area contributed by atoms with E-state index in [1.165, 1.54) is 0 Å². The minimum atomic E-state index is -0.226. The molecule has 112 valence electrons. The summed E-state index contributed by atoms with van der Waals surface area (Å²) in [6.07, 6.45) is 0. The summed E-state index contributed by atoms with van der Waals surface area (Å²) in [5.74, 6) is 1.60. The van der Waals surface area contributed by atoms with E-state index >= 15 is 0 Å². The molecular weight excluding hydrogens is 278 g/mol. The van der Waals surface area contributed by atoms with Gasteiger partial charge in [-0.3, -0.25) is 5.10 Å². The molecular formula is C16H17N5O. The molecule has 0 saturated heterocycles. The number of allylic oxidation sites excluding steroid dienone is 1. The van der Waals surface area contributed by atoms with Crippen LogP contribution in [0.2, 0.25) is 0 Å². The molecule has 1 aliphatic rings. The Morgan fingerprint density at radius 2 is 2.09 bits per heavy atom. The Morgan fingerprint density at radius 1 is 1.36 bits per heavy atom. The highest BCUT2D eigenvalue weighted by Crippen LogP contribution is 2.41. The van der Waals surface area contributed by atoms with Gasteiger partial charge in [0.25, 0.3) is 0 Å². The maximum Gasteiger partial charge on any atom is 0.157 e. The lowest BCUT2D eigenvalue weighted by Gasteiger charge is -2.24. The van der Waals surface area contributed by atoms with Crippen LogP contribution in [0.25, 0.3) is 0 Å². The van der Waals surface area contributed by atoms with Gasteiger partial charge < -0.3 is 15.8 Å². The summed E-state index contributed by atoms with van der Waals surface area (Å²) in [5, 5.41) is 19.6. The molecule has 6 heteroatoms. The first kappa shape index (κ1) is 14.0. The van der Waals surface area contributed by atoms with Crippen LogP contribution in [0.15, 0.2) is 35.7 Å². The standard InChI is InChI=1S/C16H17N5O/c1-3-22-11-6-4-10(5-7-11)14-12(8-17)15(18)19-16-13(14)9(2)20-21-16/h4-7,14H,3,18H2,1-2H3,(H2,19,20,21)/t14-/m1/s1. The number of H-pyrrole nitrogens is 1. The lowest BCUT2D eigenvalue weighted by Crippen LogP contribution is -2.23. The molecule has 6 nitrogen and oxygen atoms in total. The van der Waals surface area contributed by atoms with E-state index in [9.17, 15) is 5.26 Å². The van der Waals surface area contributed by atoms with Crippen molar-refractivity contribution in [2.24, 2.45) is 5.73 Å². The second-order valence-corrected chi connectivity index (χ2v) is 5.11. The van der Waals surface area contributed by atoms with Crippen LogP contribution in [0.1, 0.15) is 29.7 Å². The van der Waals surface area contributed by atoms with E-state index in [0.29, 0.717) is 23.8 Å². The van der Waals surface area contributed by atoms with Gasteiger partial charge in [-0.05, 0) is 31.5 Å². The first-order valence-corrected chi connectivity index (χ1v) is 7.10. The number of nitriles is 1. The number of aromatic nitrogens is 2. The van der Waals surface area contributed by atoms with Gasteiger partial charge >= 0.3 is 0 Å². The Labute approximate surface area is 128 Å². The number of aromatic amines is 1. The van der Waals surface area contributed by atoms with E-state index < -0.39 is 0 Å². The summed E-state index contributed by atoms with van der Waals surface area (Å²) < 4.78 is 5.47. The van der Waals surface area contributed by atoms with Crippen LogP contribution < -0.4 is 15.8 Å². The molecule has 1 aliphatic heterocycles. The Kier molecular flexibility index (Phi) is 3.47. The predicted octanol–water partition coefficient (Wildman–Crippen LogP) is 2.37. The summed E-state index contributed by atoms with van der Waals surface area (Å²) in [7, 11) is 0. The Morgan fingerprint density at radius 3 is 2.73 bits per heavy atom. The quantitative estimate of drug-likeness (QED) is 0.807. The van der Waals surface area contributed by atoms with Crippen LogP contribution in [-0.4, -0.2) is 16.8 Å². The second kappa shape index (κ2) is 5.45. The molecule has 4 N–H and O–H groups in total. The zero-order valence-corrected chi connectivity index (χ0v) is 12.5.